The zero-order valence-corrected chi connectivity index (χ0v) is 20.3. The molecule has 2 N–H and O–H groups in total. The molecule has 4 aliphatic heterocycles. The third kappa shape index (κ3) is 5.50. The maximum atomic E-state index is 11.9. The van der Waals surface area contributed by atoms with Gasteiger partial charge in [-0.1, -0.05) is 60.7 Å². The number of hydrogen-bond acceptors (Lipinski definition) is 6. The first kappa shape index (κ1) is 24.6. The van der Waals surface area contributed by atoms with Crippen LogP contribution < -0.4 is 0 Å². The smallest absolute Gasteiger partial charge is 0.410 e. The first-order valence-corrected chi connectivity index (χ1v) is 12.8. The molecule has 2 aliphatic carbocycles. The molecule has 0 aromatic heterocycles. The molecule has 2 saturated carbocycles. The summed E-state index contributed by atoms with van der Waals surface area (Å²) in [6.45, 7) is 3.15. The van der Waals surface area contributed by atoms with E-state index in [9.17, 15) is 19.8 Å². The second kappa shape index (κ2) is 10.9. The Morgan fingerprint density at radius 2 is 0.972 bits per heavy atom. The lowest BCUT2D eigenvalue weighted by Gasteiger charge is -2.50. The van der Waals surface area contributed by atoms with Crippen molar-refractivity contribution in [1.29, 1.82) is 0 Å². The lowest BCUT2D eigenvalue weighted by molar-refractivity contribution is -0.102. The van der Waals surface area contributed by atoms with Gasteiger partial charge in [-0.25, -0.2) is 9.59 Å². The van der Waals surface area contributed by atoms with Gasteiger partial charge in [0.15, 0.2) is 0 Å². The Bertz CT molecular complexity index is 927. The zero-order valence-electron chi connectivity index (χ0n) is 20.3. The van der Waals surface area contributed by atoms with E-state index in [-0.39, 0.29) is 48.1 Å². The van der Waals surface area contributed by atoms with Gasteiger partial charge < -0.3 is 29.5 Å². The molecule has 4 saturated heterocycles. The van der Waals surface area contributed by atoms with Crippen molar-refractivity contribution in [2.45, 2.75) is 38.3 Å². The van der Waals surface area contributed by atoms with Crippen molar-refractivity contribution in [3.63, 3.8) is 0 Å². The number of amides is 2. The van der Waals surface area contributed by atoms with Gasteiger partial charge in [0.1, 0.15) is 13.2 Å². The molecule has 6 aliphatic rings. The Morgan fingerprint density at radius 1 is 0.639 bits per heavy atom. The molecule has 2 amide bonds. The highest BCUT2D eigenvalue weighted by Crippen LogP contribution is 2.40. The molecule has 0 radical (unpaired) electrons. The van der Waals surface area contributed by atoms with Crippen LogP contribution in [0.2, 0.25) is 0 Å². The van der Waals surface area contributed by atoms with Gasteiger partial charge in [0.25, 0.3) is 0 Å². The predicted octanol–water partition coefficient (Wildman–Crippen LogP) is 3.27. The third-order valence-electron chi connectivity index (χ3n) is 7.89. The Balaban J connectivity index is 0.000000148. The molecule has 2 aromatic carbocycles. The molecule has 2 aromatic rings. The lowest BCUT2D eigenvalue weighted by atomic mass is 9.68. The summed E-state index contributed by atoms with van der Waals surface area (Å²) in [5.41, 5.74) is 1.99. The van der Waals surface area contributed by atoms with Gasteiger partial charge in [0, 0.05) is 49.9 Å². The van der Waals surface area contributed by atoms with Crippen molar-refractivity contribution >= 4 is 12.2 Å². The summed E-state index contributed by atoms with van der Waals surface area (Å²) in [5, 5.41) is 19.3. The van der Waals surface area contributed by atoms with Crippen molar-refractivity contribution < 1.29 is 29.3 Å². The summed E-state index contributed by atoms with van der Waals surface area (Å²) in [7, 11) is 0. The average molecular weight is 495 g/mol. The number of benzene rings is 2. The van der Waals surface area contributed by atoms with Crippen LogP contribution in [0.25, 0.3) is 0 Å². The maximum absolute atomic E-state index is 11.9. The van der Waals surface area contributed by atoms with Crippen molar-refractivity contribution in [2.75, 3.05) is 26.2 Å². The topological polar surface area (TPSA) is 99.5 Å². The van der Waals surface area contributed by atoms with Gasteiger partial charge >= 0.3 is 12.2 Å². The van der Waals surface area contributed by atoms with Crippen LogP contribution in [0.15, 0.2) is 60.7 Å². The van der Waals surface area contributed by atoms with Gasteiger partial charge in [0.2, 0.25) is 0 Å². The van der Waals surface area contributed by atoms with Crippen LogP contribution in [0.5, 0.6) is 0 Å². The second-order valence-corrected chi connectivity index (χ2v) is 10.4. The quantitative estimate of drug-likeness (QED) is 0.677. The molecule has 8 nitrogen and oxygen atoms in total. The summed E-state index contributed by atoms with van der Waals surface area (Å²) in [4.78, 5) is 27.2. The van der Waals surface area contributed by atoms with E-state index in [1.165, 1.54) is 0 Å². The van der Waals surface area contributed by atoms with E-state index in [0.29, 0.717) is 39.4 Å². The van der Waals surface area contributed by atoms with Crippen molar-refractivity contribution in [2.24, 2.45) is 23.7 Å². The van der Waals surface area contributed by atoms with E-state index >= 15 is 0 Å². The van der Waals surface area contributed by atoms with E-state index in [1.54, 1.807) is 9.80 Å². The normalized spacial score (nSPS) is 29.6. The monoisotopic (exact) mass is 494 g/mol. The molecular weight excluding hydrogens is 460 g/mol. The minimum absolute atomic E-state index is 0.205. The minimum atomic E-state index is -0.263. The fraction of sp³-hybridized carbons (Fsp3) is 0.500. The molecule has 6 atom stereocenters. The number of aliphatic hydroxyl groups excluding tert-OH is 2. The van der Waals surface area contributed by atoms with Crippen LogP contribution in [-0.4, -0.2) is 70.6 Å². The number of aliphatic hydroxyl groups is 2. The summed E-state index contributed by atoms with van der Waals surface area (Å²) in [6.07, 6.45) is 1.15. The number of carbonyl (C=O) groups is 2. The van der Waals surface area contributed by atoms with E-state index in [1.807, 2.05) is 60.7 Å². The molecule has 8 rings (SSSR count). The third-order valence-corrected chi connectivity index (χ3v) is 7.89. The summed E-state index contributed by atoms with van der Waals surface area (Å²) < 4.78 is 10.6. The number of hydrogen-bond donors (Lipinski definition) is 2. The first-order valence-electron chi connectivity index (χ1n) is 12.8. The number of piperidine rings is 4. The molecule has 4 bridgehead atoms. The highest BCUT2D eigenvalue weighted by atomic mass is 16.6. The maximum Gasteiger partial charge on any atom is 0.410 e. The van der Waals surface area contributed by atoms with Gasteiger partial charge in [0.05, 0.1) is 12.2 Å². The van der Waals surface area contributed by atoms with Crippen LogP contribution in [0.3, 0.4) is 0 Å². The number of carbonyl (C=O) groups excluding carboxylic acids is 2. The van der Waals surface area contributed by atoms with E-state index in [4.69, 9.17) is 9.47 Å². The predicted molar refractivity (Wildman–Crippen MR) is 132 cm³/mol. The number of nitrogens with zero attached hydrogens (tertiary/aromatic N) is 2. The van der Waals surface area contributed by atoms with E-state index < -0.39 is 0 Å². The highest BCUT2D eigenvalue weighted by molar-refractivity contribution is 5.68. The number of rotatable bonds is 4. The number of ether oxygens (including phenoxy) is 2. The fourth-order valence-electron chi connectivity index (χ4n) is 5.64. The second-order valence-electron chi connectivity index (χ2n) is 10.4. The molecule has 8 heteroatoms. The fourth-order valence-corrected chi connectivity index (χ4v) is 5.64. The van der Waals surface area contributed by atoms with E-state index in [0.717, 1.165) is 24.0 Å². The van der Waals surface area contributed by atoms with Gasteiger partial charge in [-0.15, -0.1) is 0 Å². The SMILES string of the molecule is O=C(OCc1ccccc1)N1C[C@H]2C[C@@H](C1)C2O.O=C(OCc1ccccc1)N1C[C@H]2C[C@@H](C1)C2O. The van der Waals surface area contributed by atoms with Gasteiger partial charge in [-0.05, 0) is 24.0 Å². The lowest BCUT2D eigenvalue weighted by Crippen LogP contribution is -2.59. The molecular formula is C28H34N2O6. The summed E-state index contributed by atoms with van der Waals surface area (Å²) in [5.74, 6) is 1.03. The van der Waals surface area contributed by atoms with Crippen molar-refractivity contribution in [1.82, 2.24) is 9.80 Å². The molecule has 4 heterocycles. The van der Waals surface area contributed by atoms with Crippen molar-refractivity contribution in [3.8, 4) is 0 Å². The summed E-state index contributed by atoms with van der Waals surface area (Å²) in [6, 6.07) is 19.3. The number of fused-ring (bicyclic) bond motifs is 4. The Morgan fingerprint density at radius 3 is 1.28 bits per heavy atom. The molecule has 0 spiro atoms. The molecule has 2 unspecified atom stereocenters. The average Bonchev–Trinajstić information content (AvgIpc) is 2.95. The van der Waals surface area contributed by atoms with Crippen molar-refractivity contribution in [3.05, 3.63) is 71.8 Å². The Kier molecular flexibility index (Phi) is 7.43. The van der Waals surface area contributed by atoms with Crippen LogP contribution in [0.4, 0.5) is 9.59 Å². The minimum Gasteiger partial charge on any atom is -0.445 e. The largest absolute Gasteiger partial charge is 0.445 e. The van der Waals surface area contributed by atoms with Crippen LogP contribution in [0.1, 0.15) is 24.0 Å². The highest BCUT2D eigenvalue weighted by Gasteiger charge is 2.48. The Hall–Kier alpha value is -3.10. The van der Waals surface area contributed by atoms with Crippen LogP contribution >= 0.6 is 0 Å². The van der Waals surface area contributed by atoms with Gasteiger partial charge in [-0.2, -0.15) is 0 Å². The molecule has 36 heavy (non-hydrogen) atoms. The standard InChI is InChI=1S/2C14H17NO3/c2*16-13-11-6-12(13)8-15(7-11)14(17)18-9-10-4-2-1-3-5-10/h2*1-5,11-13,16H,6-9H2/t2*11-,12+,13?. The van der Waals surface area contributed by atoms with E-state index in [2.05, 4.69) is 0 Å². The first-order chi connectivity index (χ1) is 17.5. The molecule has 6 fully saturated rings. The summed E-state index contributed by atoms with van der Waals surface area (Å²) >= 11 is 0. The van der Waals surface area contributed by atoms with Crippen LogP contribution in [0, 0.1) is 23.7 Å². The van der Waals surface area contributed by atoms with Gasteiger partial charge in [-0.3, -0.25) is 0 Å². The zero-order chi connectivity index (χ0) is 25.1. The molecule has 192 valence electrons. The van der Waals surface area contributed by atoms with Crippen LogP contribution in [-0.2, 0) is 22.7 Å². The Labute approximate surface area is 211 Å².